The number of phenols is 1. The second kappa shape index (κ2) is 7.40. The van der Waals surface area contributed by atoms with Gasteiger partial charge < -0.3 is 15.2 Å². The lowest BCUT2D eigenvalue weighted by molar-refractivity contribution is -0.146. The molecule has 5 nitrogen and oxygen atoms in total. The molecule has 0 aromatic heterocycles. The molecular weight excluding hydrogens is 301 g/mol. The van der Waals surface area contributed by atoms with Crippen LogP contribution in [0.5, 0.6) is 5.75 Å². The van der Waals surface area contributed by atoms with E-state index >= 15 is 0 Å². The number of nitrogens with one attached hydrogen (secondary N) is 1. The van der Waals surface area contributed by atoms with Crippen molar-refractivity contribution in [1.82, 2.24) is 0 Å². The first-order valence-corrected chi connectivity index (χ1v) is 6.93. The molecule has 6 heteroatoms. The predicted molar refractivity (Wildman–Crippen MR) is 82.5 cm³/mol. The van der Waals surface area contributed by atoms with E-state index in [0.717, 1.165) is 0 Å². The Kier molecular flexibility index (Phi) is 5.30. The molecule has 0 unspecified atom stereocenters. The molecule has 0 bridgehead atoms. The Morgan fingerprint density at radius 3 is 2.52 bits per heavy atom. The number of benzene rings is 2. The van der Waals surface area contributed by atoms with Crippen molar-refractivity contribution in [3.8, 4) is 5.75 Å². The van der Waals surface area contributed by atoms with Gasteiger partial charge in [0.05, 0.1) is 6.42 Å². The van der Waals surface area contributed by atoms with Crippen LogP contribution >= 0.6 is 0 Å². The van der Waals surface area contributed by atoms with Crippen molar-refractivity contribution in [3.05, 3.63) is 59.4 Å². The van der Waals surface area contributed by atoms with Crippen LogP contribution in [0.3, 0.4) is 0 Å². The van der Waals surface area contributed by atoms with Gasteiger partial charge >= 0.3 is 5.97 Å². The van der Waals surface area contributed by atoms with E-state index in [0.29, 0.717) is 16.8 Å². The van der Waals surface area contributed by atoms with Crippen LogP contribution in [0.1, 0.15) is 11.1 Å². The topological polar surface area (TPSA) is 75.6 Å². The molecule has 0 fully saturated rings. The maximum Gasteiger partial charge on any atom is 0.310 e. The number of anilines is 1. The molecule has 2 N–H and O–H groups in total. The summed E-state index contributed by atoms with van der Waals surface area (Å²) in [5, 5.41) is 11.6. The van der Waals surface area contributed by atoms with Gasteiger partial charge in [-0.3, -0.25) is 9.59 Å². The molecular formula is C17H16FNO4. The number of carbonyl (C=O) groups excluding carboxylic acids is 2. The molecule has 0 saturated heterocycles. The maximum absolute atomic E-state index is 13.4. The fourth-order valence-electron chi connectivity index (χ4n) is 1.85. The summed E-state index contributed by atoms with van der Waals surface area (Å²) >= 11 is 0. The predicted octanol–water partition coefficient (Wildman–Crippen LogP) is 2.56. The van der Waals surface area contributed by atoms with Gasteiger partial charge in [0.15, 0.2) is 6.61 Å². The molecule has 0 aliphatic rings. The lowest BCUT2D eigenvalue weighted by Gasteiger charge is -2.07. The first-order chi connectivity index (χ1) is 10.9. The van der Waals surface area contributed by atoms with Crippen LogP contribution in [-0.2, 0) is 20.7 Å². The van der Waals surface area contributed by atoms with Gasteiger partial charge in [0.25, 0.3) is 5.91 Å². The van der Waals surface area contributed by atoms with Gasteiger partial charge in [0.2, 0.25) is 0 Å². The molecule has 0 atom stereocenters. The third-order valence-corrected chi connectivity index (χ3v) is 3.10. The number of esters is 1. The zero-order valence-electron chi connectivity index (χ0n) is 12.5. The lowest BCUT2D eigenvalue weighted by Crippen LogP contribution is -2.21. The molecule has 2 aromatic rings. The van der Waals surface area contributed by atoms with E-state index in [4.69, 9.17) is 9.84 Å². The Hall–Kier alpha value is -2.89. The molecule has 23 heavy (non-hydrogen) atoms. The quantitative estimate of drug-likeness (QED) is 0.831. The van der Waals surface area contributed by atoms with E-state index in [2.05, 4.69) is 5.32 Å². The Balaban J connectivity index is 1.80. The van der Waals surface area contributed by atoms with Gasteiger partial charge in [-0.1, -0.05) is 18.2 Å². The summed E-state index contributed by atoms with van der Waals surface area (Å²) in [6.45, 7) is 1.17. The number of hydrogen-bond donors (Lipinski definition) is 2. The molecule has 120 valence electrons. The number of halogens is 1. The maximum atomic E-state index is 13.4. The summed E-state index contributed by atoms with van der Waals surface area (Å²) in [4.78, 5) is 23.3. The summed E-state index contributed by atoms with van der Waals surface area (Å²) in [5.74, 6) is -1.44. The highest BCUT2D eigenvalue weighted by Gasteiger charge is 2.09. The van der Waals surface area contributed by atoms with E-state index in [1.165, 1.54) is 18.2 Å². The Labute approximate surface area is 132 Å². The standard InChI is InChI=1S/C17H16FNO4/c1-11-2-5-13(9-15(11)18)19-16(21)10-23-17(22)8-12-3-6-14(20)7-4-12/h2-7,9,20H,8,10H2,1H3,(H,19,21). The molecule has 2 rings (SSSR count). The van der Waals surface area contributed by atoms with Gasteiger partial charge in [-0.25, -0.2) is 4.39 Å². The molecule has 1 amide bonds. The first kappa shape index (κ1) is 16.5. The minimum atomic E-state index is -0.569. The normalized spacial score (nSPS) is 10.2. The van der Waals surface area contributed by atoms with Gasteiger partial charge in [-0.05, 0) is 42.3 Å². The van der Waals surface area contributed by atoms with Crippen LogP contribution in [-0.4, -0.2) is 23.6 Å². The van der Waals surface area contributed by atoms with Crippen molar-refractivity contribution in [1.29, 1.82) is 0 Å². The summed E-state index contributed by atoms with van der Waals surface area (Å²) in [6, 6.07) is 10.4. The van der Waals surface area contributed by atoms with Gasteiger partial charge in [0, 0.05) is 5.69 Å². The second-order valence-corrected chi connectivity index (χ2v) is 5.02. The van der Waals surface area contributed by atoms with Gasteiger partial charge in [-0.15, -0.1) is 0 Å². The van der Waals surface area contributed by atoms with Crippen LogP contribution in [0.2, 0.25) is 0 Å². The number of carbonyl (C=O) groups is 2. The van der Waals surface area contributed by atoms with Crippen molar-refractivity contribution in [2.24, 2.45) is 0 Å². The minimum absolute atomic E-state index is 0.00722. The number of aromatic hydroxyl groups is 1. The summed E-state index contributed by atoms with van der Waals surface area (Å²) in [6.07, 6.45) is -0.00722. The molecule has 0 aliphatic carbocycles. The molecule has 0 aliphatic heterocycles. The lowest BCUT2D eigenvalue weighted by atomic mass is 10.1. The number of ether oxygens (including phenoxy) is 1. The molecule has 0 saturated carbocycles. The Bertz CT molecular complexity index is 713. The fraction of sp³-hybridized carbons (Fsp3) is 0.176. The number of rotatable bonds is 5. The highest BCUT2D eigenvalue weighted by molar-refractivity contribution is 5.92. The summed E-state index contributed by atoms with van der Waals surface area (Å²) in [5.41, 5.74) is 1.44. The third-order valence-electron chi connectivity index (χ3n) is 3.10. The highest BCUT2D eigenvalue weighted by atomic mass is 19.1. The highest BCUT2D eigenvalue weighted by Crippen LogP contribution is 2.13. The number of amides is 1. The molecule has 0 heterocycles. The zero-order valence-corrected chi connectivity index (χ0v) is 12.5. The SMILES string of the molecule is Cc1ccc(NC(=O)COC(=O)Cc2ccc(O)cc2)cc1F. The Morgan fingerprint density at radius 1 is 1.17 bits per heavy atom. The van der Waals surface area contributed by atoms with Gasteiger partial charge in [-0.2, -0.15) is 0 Å². The van der Waals surface area contributed by atoms with Crippen LogP contribution in [0, 0.1) is 12.7 Å². The third kappa shape index (κ3) is 5.10. The minimum Gasteiger partial charge on any atom is -0.508 e. The van der Waals surface area contributed by atoms with Crippen molar-refractivity contribution < 1.29 is 23.8 Å². The molecule has 0 spiro atoms. The first-order valence-electron chi connectivity index (χ1n) is 6.93. The average Bonchev–Trinajstić information content (AvgIpc) is 2.51. The van der Waals surface area contributed by atoms with E-state index < -0.39 is 24.3 Å². The van der Waals surface area contributed by atoms with Crippen LogP contribution < -0.4 is 5.32 Å². The second-order valence-electron chi connectivity index (χ2n) is 5.02. The van der Waals surface area contributed by atoms with E-state index in [9.17, 15) is 14.0 Å². The van der Waals surface area contributed by atoms with Crippen LogP contribution in [0.4, 0.5) is 10.1 Å². The largest absolute Gasteiger partial charge is 0.508 e. The van der Waals surface area contributed by atoms with E-state index in [1.54, 1.807) is 31.2 Å². The molecule has 0 radical (unpaired) electrons. The zero-order chi connectivity index (χ0) is 16.8. The van der Waals surface area contributed by atoms with Crippen molar-refractivity contribution in [3.63, 3.8) is 0 Å². The van der Waals surface area contributed by atoms with Crippen molar-refractivity contribution >= 4 is 17.6 Å². The van der Waals surface area contributed by atoms with E-state index in [-0.39, 0.29) is 12.2 Å². The Morgan fingerprint density at radius 2 is 1.87 bits per heavy atom. The number of phenolic OH excluding ortho intramolecular Hbond substituents is 1. The number of aryl methyl sites for hydroxylation is 1. The monoisotopic (exact) mass is 317 g/mol. The molecule has 2 aromatic carbocycles. The average molecular weight is 317 g/mol. The number of hydrogen-bond acceptors (Lipinski definition) is 4. The van der Waals surface area contributed by atoms with E-state index in [1.807, 2.05) is 0 Å². The fourth-order valence-corrected chi connectivity index (χ4v) is 1.85. The summed E-state index contributed by atoms with van der Waals surface area (Å²) < 4.78 is 18.2. The van der Waals surface area contributed by atoms with Crippen LogP contribution in [0.25, 0.3) is 0 Å². The van der Waals surface area contributed by atoms with Crippen molar-refractivity contribution in [2.75, 3.05) is 11.9 Å². The van der Waals surface area contributed by atoms with Crippen molar-refractivity contribution in [2.45, 2.75) is 13.3 Å². The summed E-state index contributed by atoms with van der Waals surface area (Å²) in [7, 11) is 0. The van der Waals surface area contributed by atoms with Crippen LogP contribution in [0.15, 0.2) is 42.5 Å². The van der Waals surface area contributed by atoms with Gasteiger partial charge in [0.1, 0.15) is 11.6 Å². The smallest absolute Gasteiger partial charge is 0.310 e.